The molecule has 2 N–H and O–H groups in total. The lowest BCUT2D eigenvalue weighted by molar-refractivity contribution is -0.230. The van der Waals surface area contributed by atoms with E-state index in [2.05, 4.69) is 0 Å². The van der Waals surface area contributed by atoms with Crippen molar-refractivity contribution in [2.75, 3.05) is 13.2 Å². The van der Waals surface area contributed by atoms with Gasteiger partial charge in [0.15, 0.2) is 6.10 Å². The number of aliphatic hydroxyl groups excluding tert-OH is 2. The van der Waals surface area contributed by atoms with Crippen LogP contribution in [0.4, 0.5) is 0 Å². The summed E-state index contributed by atoms with van der Waals surface area (Å²) in [6, 6.07) is 13.8. The van der Waals surface area contributed by atoms with Gasteiger partial charge in [-0.15, -0.1) is 0 Å². The molecule has 25 heavy (non-hydrogen) atoms. The van der Waals surface area contributed by atoms with E-state index >= 15 is 0 Å². The second kappa shape index (κ2) is 7.14. The van der Waals surface area contributed by atoms with E-state index in [9.17, 15) is 10.2 Å². The molecule has 0 aromatic heterocycles. The molecule has 1 fully saturated rings. The van der Waals surface area contributed by atoms with Crippen LogP contribution in [0.25, 0.3) is 10.8 Å². The maximum atomic E-state index is 10.7. The highest BCUT2D eigenvalue weighted by Crippen LogP contribution is 2.33. The van der Waals surface area contributed by atoms with Gasteiger partial charge in [0.2, 0.25) is 0 Å². The van der Waals surface area contributed by atoms with E-state index in [-0.39, 0.29) is 12.7 Å². The Morgan fingerprint density at radius 2 is 1.92 bits per heavy atom. The number of hydrogen-bond donors (Lipinski definition) is 2. The van der Waals surface area contributed by atoms with E-state index in [0.717, 1.165) is 10.8 Å². The van der Waals surface area contributed by atoms with Crippen molar-refractivity contribution < 1.29 is 24.4 Å². The Balaban J connectivity index is 1.68. The summed E-state index contributed by atoms with van der Waals surface area (Å²) in [6.07, 6.45) is 1.71. The summed E-state index contributed by atoms with van der Waals surface area (Å²) in [5, 5.41) is 22.3. The molecule has 132 valence electrons. The molecule has 0 aliphatic carbocycles. The molecule has 0 radical (unpaired) electrons. The molecular weight excluding hydrogens is 320 g/mol. The summed E-state index contributed by atoms with van der Waals surface area (Å²) < 4.78 is 18.0. The fraction of sp³-hybridized carbons (Fsp3) is 0.400. The molecule has 0 spiro atoms. The lowest BCUT2D eigenvalue weighted by atomic mass is 9.93. The molecule has 5 heteroatoms. The predicted molar refractivity (Wildman–Crippen MR) is 93.6 cm³/mol. The quantitative estimate of drug-likeness (QED) is 0.836. The topological polar surface area (TPSA) is 68.2 Å². The van der Waals surface area contributed by atoms with Gasteiger partial charge in [0.05, 0.1) is 19.3 Å². The number of hydrogen-bond acceptors (Lipinski definition) is 5. The van der Waals surface area contributed by atoms with Gasteiger partial charge in [-0.1, -0.05) is 48.6 Å². The van der Waals surface area contributed by atoms with Crippen LogP contribution in [0.5, 0.6) is 5.75 Å². The number of fused-ring (bicyclic) bond motifs is 2. The molecule has 5 atom stereocenters. The zero-order chi connectivity index (χ0) is 17.2. The summed E-state index contributed by atoms with van der Waals surface area (Å²) >= 11 is 0. The highest BCUT2D eigenvalue weighted by molar-refractivity contribution is 5.88. The van der Waals surface area contributed by atoms with Gasteiger partial charge in [-0.3, -0.25) is 0 Å². The third-order valence-electron chi connectivity index (χ3n) is 4.87. The molecule has 5 nitrogen and oxygen atoms in total. The average Bonchev–Trinajstić information content (AvgIpc) is 2.89. The molecule has 2 aromatic rings. The van der Waals surface area contributed by atoms with Crippen LogP contribution in [-0.2, 0) is 9.47 Å². The first-order valence-corrected chi connectivity index (χ1v) is 8.63. The van der Waals surface area contributed by atoms with Gasteiger partial charge in [0.25, 0.3) is 0 Å². The van der Waals surface area contributed by atoms with Crippen LogP contribution in [-0.4, -0.2) is 53.9 Å². The van der Waals surface area contributed by atoms with E-state index in [1.807, 2.05) is 54.6 Å². The number of aliphatic hydroxyl groups is 2. The van der Waals surface area contributed by atoms with E-state index in [1.54, 1.807) is 0 Å². The first kappa shape index (κ1) is 16.5. The first-order chi connectivity index (χ1) is 12.3. The van der Waals surface area contributed by atoms with Crippen molar-refractivity contribution in [3.05, 3.63) is 54.6 Å². The number of rotatable bonds is 3. The zero-order valence-electron chi connectivity index (χ0n) is 13.8. The molecule has 2 aliphatic rings. The largest absolute Gasteiger partial charge is 0.484 e. The van der Waals surface area contributed by atoms with Crippen molar-refractivity contribution in [1.82, 2.24) is 0 Å². The van der Waals surface area contributed by atoms with E-state index in [1.165, 1.54) is 0 Å². The lowest BCUT2D eigenvalue weighted by Gasteiger charge is -2.43. The van der Waals surface area contributed by atoms with Crippen LogP contribution in [0.2, 0.25) is 0 Å². The van der Waals surface area contributed by atoms with Gasteiger partial charge in [0.1, 0.15) is 24.1 Å². The van der Waals surface area contributed by atoms with Crippen molar-refractivity contribution in [3.63, 3.8) is 0 Å². The lowest BCUT2D eigenvalue weighted by Crippen LogP contribution is -2.61. The third kappa shape index (κ3) is 3.16. The zero-order valence-corrected chi connectivity index (χ0v) is 13.8. The summed E-state index contributed by atoms with van der Waals surface area (Å²) in [5.41, 5.74) is 0. The van der Waals surface area contributed by atoms with Gasteiger partial charge >= 0.3 is 0 Å². The van der Waals surface area contributed by atoms with E-state index < -0.39 is 24.4 Å². The predicted octanol–water partition coefficient (Wildman–Crippen LogP) is 2.05. The molecule has 0 unspecified atom stereocenters. The molecule has 0 bridgehead atoms. The molecule has 4 rings (SSSR count). The molecule has 2 aromatic carbocycles. The standard InChI is InChI=1S/C20H22O5/c21-12-17-18(22)20(19-16(24-17)9-3-4-11-23-19)25-15-10-5-7-13-6-1-2-8-14(13)15/h1-8,10,16-22H,9,11-12H2/t16-,17+,18+,19-,20-/m0/s1. The Kier molecular flexibility index (Phi) is 4.72. The van der Waals surface area contributed by atoms with Gasteiger partial charge in [-0.05, 0) is 17.9 Å². The van der Waals surface area contributed by atoms with Crippen molar-refractivity contribution in [2.24, 2.45) is 0 Å². The van der Waals surface area contributed by atoms with Crippen molar-refractivity contribution >= 4 is 10.8 Å². The van der Waals surface area contributed by atoms with Crippen LogP contribution >= 0.6 is 0 Å². The van der Waals surface area contributed by atoms with Crippen LogP contribution in [0, 0.1) is 0 Å². The SMILES string of the molecule is OC[C@H]1O[C@H]2CC=CCO[C@@H]2[C@@H](Oc2cccc3ccccc23)[C@@H]1O. The molecular formula is C20H22O5. The van der Waals surface area contributed by atoms with Gasteiger partial charge < -0.3 is 24.4 Å². The Morgan fingerprint density at radius 3 is 2.80 bits per heavy atom. The summed E-state index contributed by atoms with van der Waals surface area (Å²) in [7, 11) is 0. The Labute approximate surface area is 146 Å². The molecule has 0 saturated carbocycles. The normalized spacial score (nSPS) is 32.2. The maximum absolute atomic E-state index is 10.7. The Bertz CT molecular complexity index is 753. The summed E-state index contributed by atoms with van der Waals surface area (Å²) in [5.74, 6) is 0.695. The van der Waals surface area contributed by atoms with E-state index in [0.29, 0.717) is 18.8 Å². The number of ether oxygens (including phenoxy) is 3. The summed E-state index contributed by atoms with van der Waals surface area (Å²) in [4.78, 5) is 0. The first-order valence-electron chi connectivity index (χ1n) is 8.63. The van der Waals surface area contributed by atoms with Crippen LogP contribution in [0.3, 0.4) is 0 Å². The van der Waals surface area contributed by atoms with Crippen molar-refractivity contribution in [3.8, 4) is 5.75 Å². The second-order valence-corrected chi connectivity index (χ2v) is 6.45. The fourth-order valence-corrected chi connectivity index (χ4v) is 3.59. The van der Waals surface area contributed by atoms with Crippen LogP contribution in [0.15, 0.2) is 54.6 Å². The molecule has 2 heterocycles. The summed E-state index contributed by atoms with van der Waals surface area (Å²) in [6.45, 7) is 0.194. The van der Waals surface area contributed by atoms with Crippen molar-refractivity contribution in [2.45, 2.75) is 36.9 Å². The minimum Gasteiger partial charge on any atom is -0.484 e. The monoisotopic (exact) mass is 342 g/mol. The third-order valence-corrected chi connectivity index (χ3v) is 4.87. The molecule has 1 saturated heterocycles. The molecule has 2 aliphatic heterocycles. The van der Waals surface area contributed by atoms with Crippen LogP contribution in [0.1, 0.15) is 6.42 Å². The maximum Gasteiger partial charge on any atom is 0.156 e. The van der Waals surface area contributed by atoms with Gasteiger partial charge in [0, 0.05) is 5.39 Å². The van der Waals surface area contributed by atoms with Crippen LogP contribution < -0.4 is 4.74 Å². The van der Waals surface area contributed by atoms with Crippen molar-refractivity contribution in [1.29, 1.82) is 0 Å². The van der Waals surface area contributed by atoms with E-state index in [4.69, 9.17) is 14.2 Å². The number of benzene rings is 2. The highest BCUT2D eigenvalue weighted by Gasteiger charge is 2.47. The smallest absolute Gasteiger partial charge is 0.156 e. The van der Waals surface area contributed by atoms with Gasteiger partial charge in [-0.25, -0.2) is 0 Å². The Morgan fingerprint density at radius 1 is 1.08 bits per heavy atom. The highest BCUT2D eigenvalue weighted by atomic mass is 16.6. The average molecular weight is 342 g/mol. The molecule has 0 amide bonds. The minimum atomic E-state index is -0.969. The fourth-order valence-electron chi connectivity index (χ4n) is 3.59. The second-order valence-electron chi connectivity index (χ2n) is 6.45. The minimum absolute atomic E-state index is 0.251. The Hall–Kier alpha value is -1.92. The van der Waals surface area contributed by atoms with Gasteiger partial charge in [-0.2, -0.15) is 0 Å².